The second-order valence-corrected chi connectivity index (χ2v) is 7.31. The number of aromatic nitrogens is 1. The SMILES string of the molecule is COC(=O)/C(=N/O)[C@H](C(=O)C=C(C)C)C(=O)C(=O)Nc1nc2ccc([N+](=O)[O-])cc2s1. The maximum atomic E-state index is 12.7. The number of nitrogens with one attached hydrogen (secondary N) is 1. The number of nitro benzene ring substituents is 1. The van der Waals surface area contributed by atoms with Gasteiger partial charge in [-0.2, -0.15) is 0 Å². The van der Waals surface area contributed by atoms with Crippen molar-refractivity contribution >= 4 is 61.5 Å². The van der Waals surface area contributed by atoms with E-state index in [1.807, 2.05) is 0 Å². The first-order valence-electron chi connectivity index (χ1n) is 8.48. The Hall–Kier alpha value is -4.00. The average molecular weight is 448 g/mol. The summed E-state index contributed by atoms with van der Waals surface area (Å²) in [5.41, 5.74) is -0.328. The third-order valence-corrected chi connectivity index (χ3v) is 4.71. The van der Waals surface area contributed by atoms with Crippen LogP contribution in [0.5, 0.6) is 0 Å². The predicted octanol–water partition coefficient (Wildman–Crippen LogP) is 1.87. The second kappa shape index (κ2) is 9.67. The van der Waals surface area contributed by atoms with Crippen LogP contribution in [-0.4, -0.2) is 51.4 Å². The van der Waals surface area contributed by atoms with Crippen LogP contribution in [0.15, 0.2) is 35.0 Å². The lowest BCUT2D eigenvalue weighted by Gasteiger charge is -2.12. The lowest BCUT2D eigenvalue weighted by atomic mass is 9.91. The number of carbonyl (C=O) groups excluding carboxylic acids is 4. The summed E-state index contributed by atoms with van der Waals surface area (Å²) in [6.45, 7) is 3.10. The number of anilines is 1. The van der Waals surface area contributed by atoms with Gasteiger partial charge in [0.15, 0.2) is 16.6 Å². The van der Waals surface area contributed by atoms with Gasteiger partial charge in [-0.15, -0.1) is 0 Å². The molecule has 1 aromatic carbocycles. The zero-order valence-corrected chi connectivity index (χ0v) is 17.3. The highest BCUT2D eigenvalue weighted by Crippen LogP contribution is 2.29. The first-order valence-corrected chi connectivity index (χ1v) is 9.29. The number of ether oxygens (including phenoxy) is 1. The van der Waals surface area contributed by atoms with Crippen LogP contribution in [0.2, 0.25) is 0 Å². The van der Waals surface area contributed by atoms with E-state index >= 15 is 0 Å². The number of non-ortho nitro benzene ring substituents is 1. The average Bonchev–Trinajstić information content (AvgIpc) is 3.11. The largest absolute Gasteiger partial charge is 0.464 e. The van der Waals surface area contributed by atoms with Gasteiger partial charge in [0.05, 0.1) is 22.2 Å². The molecule has 13 heteroatoms. The molecule has 1 heterocycles. The number of amides is 1. The summed E-state index contributed by atoms with van der Waals surface area (Å²) in [7, 11) is 0.945. The third kappa shape index (κ3) is 5.33. The van der Waals surface area contributed by atoms with Crippen molar-refractivity contribution in [3.05, 3.63) is 40.0 Å². The molecule has 31 heavy (non-hydrogen) atoms. The summed E-state index contributed by atoms with van der Waals surface area (Å²) >= 11 is 0.862. The van der Waals surface area contributed by atoms with Crippen molar-refractivity contribution in [3.8, 4) is 0 Å². The Morgan fingerprint density at radius 2 is 2.00 bits per heavy atom. The zero-order valence-electron chi connectivity index (χ0n) is 16.4. The molecule has 1 aromatic heterocycles. The Morgan fingerprint density at radius 1 is 1.32 bits per heavy atom. The Labute approximate surface area is 178 Å². The first-order chi connectivity index (χ1) is 14.6. The van der Waals surface area contributed by atoms with E-state index < -0.39 is 40.0 Å². The molecule has 1 atom stereocenters. The van der Waals surface area contributed by atoms with Crippen molar-refractivity contribution in [2.24, 2.45) is 11.1 Å². The van der Waals surface area contributed by atoms with Crippen LogP contribution in [0.4, 0.5) is 10.8 Å². The smallest absolute Gasteiger partial charge is 0.357 e. The van der Waals surface area contributed by atoms with Gasteiger partial charge in [-0.25, -0.2) is 9.78 Å². The van der Waals surface area contributed by atoms with Crippen molar-refractivity contribution in [2.45, 2.75) is 13.8 Å². The van der Waals surface area contributed by atoms with E-state index in [4.69, 9.17) is 5.21 Å². The van der Waals surface area contributed by atoms with Crippen molar-refractivity contribution in [1.29, 1.82) is 0 Å². The summed E-state index contributed by atoms with van der Waals surface area (Å²) in [4.78, 5) is 63.8. The summed E-state index contributed by atoms with van der Waals surface area (Å²) in [6, 6.07) is 3.85. The van der Waals surface area contributed by atoms with Gasteiger partial charge in [-0.3, -0.25) is 29.8 Å². The molecule has 0 aliphatic heterocycles. The molecule has 0 saturated carbocycles. The fraction of sp³-hybridized carbons (Fsp3) is 0.222. The number of oxime groups is 1. The minimum Gasteiger partial charge on any atom is -0.464 e. The van der Waals surface area contributed by atoms with Crippen LogP contribution in [0.25, 0.3) is 10.2 Å². The van der Waals surface area contributed by atoms with Gasteiger partial charge in [-0.1, -0.05) is 22.1 Å². The molecule has 1 amide bonds. The number of allylic oxidation sites excluding steroid dienone is 2. The molecule has 2 N–H and O–H groups in total. The number of rotatable bonds is 8. The van der Waals surface area contributed by atoms with Crippen LogP contribution < -0.4 is 5.32 Å². The quantitative estimate of drug-likeness (QED) is 0.0891. The highest BCUT2D eigenvalue weighted by molar-refractivity contribution is 7.22. The minimum absolute atomic E-state index is 0.0668. The van der Waals surface area contributed by atoms with E-state index in [0.29, 0.717) is 15.8 Å². The van der Waals surface area contributed by atoms with E-state index in [1.54, 1.807) is 13.8 Å². The van der Waals surface area contributed by atoms with E-state index in [2.05, 4.69) is 20.2 Å². The Balaban J connectivity index is 2.36. The number of nitro groups is 1. The topological polar surface area (TPSA) is 178 Å². The standard InChI is InChI=1S/C18H16N4O8S/c1-8(2)6-11(23)13(14(21-27)17(26)30-3)15(24)16(25)20-18-19-10-5-4-9(22(28)29)7-12(10)31-18/h4-7,13,27H,1-3H3,(H,19,20,25)/b21-14+/t13-/m0/s1. The van der Waals surface area contributed by atoms with Crippen LogP contribution >= 0.6 is 11.3 Å². The number of hydrogen-bond acceptors (Lipinski definition) is 11. The van der Waals surface area contributed by atoms with Crippen molar-refractivity contribution in [1.82, 2.24) is 4.98 Å². The van der Waals surface area contributed by atoms with E-state index in [9.17, 15) is 29.3 Å². The number of ketones is 2. The molecule has 0 radical (unpaired) electrons. The molecular weight excluding hydrogens is 432 g/mol. The lowest BCUT2D eigenvalue weighted by Crippen LogP contribution is -2.42. The Kier molecular flexibility index (Phi) is 7.26. The van der Waals surface area contributed by atoms with Gasteiger partial charge < -0.3 is 9.94 Å². The van der Waals surface area contributed by atoms with Gasteiger partial charge in [0, 0.05) is 12.1 Å². The summed E-state index contributed by atoms with van der Waals surface area (Å²) < 4.78 is 4.78. The van der Waals surface area contributed by atoms with Crippen molar-refractivity contribution in [3.63, 3.8) is 0 Å². The van der Waals surface area contributed by atoms with Gasteiger partial charge in [0.2, 0.25) is 5.78 Å². The summed E-state index contributed by atoms with van der Waals surface area (Å²) in [5, 5.41) is 24.8. The van der Waals surface area contributed by atoms with Crippen LogP contribution in [0.3, 0.4) is 0 Å². The predicted molar refractivity (Wildman–Crippen MR) is 109 cm³/mol. The molecular formula is C18H16N4O8S. The molecule has 0 aliphatic carbocycles. The molecule has 0 aliphatic rings. The fourth-order valence-corrected chi connectivity index (χ4v) is 3.34. The Bertz CT molecular complexity index is 1150. The number of nitrogens with zero attached hydrogens (tertiary/aromatic N) is 3. The third-order valence-electron chi connectivity index (χ3n) is 3.78. The zero-order chi connectivity index (χ0) is 23.3. The lowest BCUT2D eigenvalue weighted by molar-refractivity contribution is -0.384. The normalized spacial score (nSPS) is 12.0. The van der Waals surface area contributed by atoms with Gasteiger partial charge in [0.25, 0.3) is 11.6 Å². The van der Waals surface area contributed by atoms with Crippen molar-refractivity contribution < 1.29 is 34.0 Å². The van der Waals surface area contributed by atoms with Crippen molar-refractivity contribution in [2.75, 3.05) is 12.4 Å². The van der Waals surface area contributed by atoms with E-state index in [0.717, 1.165) is 24.5 Å². The van der Waals surface area contributed by atoms with Gasteiger partial charge >= 0.3 is 5.97 Å². The second-order valence-electron chi connectivity index (χ2n) is 6.28. The van der Waals surface area contributed by atoms with Gasteiger partial charge in [0.1, 0.15) is 5.92 Å². The molecule has 2 rings (SSSR count). The van der Waals surface area contributed by atoms with Gasteiger partial charge in [-0.05, 0) is 26.0 Å². The number of methoxy groups -OCH3 is 1. The maximum Gasteiger partial charge on any atom is 0.357 e. The van der Waals surface area contributed by atoms with Crippen LogP contribution in [0, 0.1) is 16.0 Å². The number of carbonyl (C=O) groups is 4. The van der Waals surface area contributed by atoms with Crippen LogP contribution in [-0.2, 0) is 23.9 Å². The molecule has 12 nitrogen and oxygen atoms in total. The molecule has 0 unspecified atom stereocenters. The molecule has 162 valence electrons. The molecule has 2 aromatic rings. The summed E-state index contributed by atoms with van der Waals surface area (Å²) in [6.07, 6.45) is 1.01. The monoisotopic (exact) mass is 448 g/mol. The van der Waals surface area contributed by atoms with Crippen LogP contribution in [0.1, 0.15) is 13.8 Å². The Morgan fingerprint density at radius 3 is 2.55 bits per heavy atom. The fourth-order valence-electron chi connectivity index (χ4n) is 2.45. The maximum absolute atomic E-state index is 12.7. The molecule has 0 spiro atoms. The number of thiazole rings is 1. The van der Waals surface area contributed by atoms with E-state index in [1.165, 1.54) is 18.2 Å². The number of benzene rings is 1. The number of fused-ring (bicyclic) bond motifs is 1. The molecule has 0 fully saturated rings. The number of esters is 1. The summed E-state index contributed by atoms with van der Waals surface area (Å²) in [5.74, 6) is -6.96. The van der Waals surface area contributed by atoms with E-state index in [-0.39, 0.29) is 10.8 Å². The molecule has 0 saturated heterocycles. The minimum atomic E-state index is -2.04. The number of Topliss-reactive ketones (excluding diaryl/α,β-unsaturated/α-hetero) is 1. The highest BCUT2D eigenvalue weighted by atomic mass is 32.1. The number of hydrogen-bond donors (Lipinski definition) is 2. The highest BCUT2D eigenvalue weighted by Gasteiger charge is 2.39. The first kappa shape index (κ1) is 23.3. The molecule has 0 bridgehead atoms.